The van der Waals surface area contributed by atoms with Crippen molar-refractivity contribution in [3.63, 3.8) is 0 Å². The van der Waals surface area contributed by atoms with Crippen LogP contribution in [0.2, 0.25) is 0 Å². The first-order chi connectivity index (χ1) is 13.5. The molecule has 29 heavy (non-hydrogen) atoms. The predicted octanol–water partition coefficient (Wildman–Crippen LogP) is 1.29. The van der Waals surface area contributed by atoms with E-state index in [1.807, 2.05) is 19.1 Å². The first-order valence-corrected chi connectivity index (χ1v) is 9.66. The fraction of sp³-hybridized carbons (Fsp3) is 0.524. The van der Waals surface area contributed by atoms with Crippen LogP contribution >= 0.6 is 0 Å². The Kier molecular flexibility index (Phi) is 9.31. The maximum atomic E-state index is 12.1. The summed E-state index contributed by atoms with van der Waals surface area (Å²) in [5, 5.41) is 7.54. The Balaban J connectivity index is 2.37. The average Bonchev–Trinajstić information content (AvgIpc) is 2.67. The van der Waals surface area contributed by atoms with Crippen LogP contribution in [0.4, 0.5) is 0 Å². The number of esters is 1. The molecule has 0 saturated heterocycles. The molecule has 0 bridgehead atoms. The lowest BCUT2D eigenvalue weighted by atomic mass is 9.87. The van der Waals surface area contributed by atoms with Crippen LogP contribution in [0.1, 0.15) is 57.0 Å². The summed E-state index contributed by atoms with van der Waals surface area (Å²) in [5.41, 5.74) is 1.50. The minimum absolute atomic E-state index is 0.0203. The lowest BCUT2D eigenvalue weighted by Gasteiger charge is -2.19. The molecule has 1 atom stereocenters. The van der Waals surface area contributed by atoms with Gasteiger partial charge in [0.25, 0.3) is 11.8 Å². The molecule has 3 amide bonds. The van der Waals surface area contributed by atoms with Crippen molar-refractivity contribution in [1.82, 2.24) is 16.0 Å². The van der Waals surface area contributed by atoms with Gasteiger partial charge < -0.3 is 20.7 Å². The van der Waals surface area contributed by atoms with Gasteiger partial charge in [-0.1, -0.05) is 39.8 Å². The summed E-state index contributed by atoms with van der Waals surface area (Å²) in [7, 11) is 0. The van der Waals surface area contributed by atoms with E-state index in [2.05, 4.69) is 36.7 Å². The number of carbonyl (C=O) groups is 4. The second-order valence-electron chi connectivity index (χ2n) is 7.75. The van der Waals surface area contributed by atoms with Gasteiger partial charge >= 0.3 is 5.97 Å². The van der Waals surface area contributed by atoms with Crippen molar-refractivity contribution in [2.75, 3.05) is 19.7 Å². The van der Waals surface area contributed by atoms with Crippen molar-refractivity contribution in [3.8, 4) is 0 Å². The molecule has 1 aromatic carbocycles. The SMILES string of the molecule is CCCNC(=O)[C@@H](C)NC(=O)COC(=O)CNC(=O)c1ccc(C(C)(C)C)cc1. The number of amides is 3. The second-order valence-corrected chi connectivity index (χ2v) is 7.75. The maximum Gasteiger partial charge on any atom is 0.325 e. The van der Waals surface area contributed by atoms with E-state index in [1.54, 1.807) is 12.1 Å². The van der Waals surface area contributed by atoms with Crippen molar-refractivity contribution in [2.24, 2.45) is 0 Å². The molecular weight excluding hydrogens is 374 g/mol. The third-order valence-corrected chi connectivity index (χ3v) is 4.09. The lowest BCUT2D eigenvalue weighted by molar-refractivity contribution is -0.147. The molecular formula is C21H31N3O5. The molecule has 8 nitrogen and oxygen atoms in total. The molecule has 0 fully saturated rings. The maximum absolute atomic E-state index is 12.1. The van der Waals surface area contributed by atoms with Gasteiger partial charge in [-0.15, -0.1) is 0 Å². The van der Waals surface area contributed by atoms with Crippen LogP contribution in [0.15, 0.2) is 24.3 Å². The van der Waals surface area contributed by atoms with E-state index in [4.69, 9.17) is 4.74 Å². The van der Waals surface area contributed by atoms with Crippen LogP contribution in [-0.4, -0.2) is 49.4 Å². The Hall–Kier alpha value is -2.90. The normalized spacial score (nSPS) is 11.9. The molecule has 0 radical (unpaired) electrons. The summed E-state index contributed by atoms with van der Waals surface area (Å²) in [5.74, 6) is -2.06. The lowest BCUT2D eigenvalue weighted by Crippen LogP contribution is -2.46. The fourth-order valence-electron chi connectivity index (χ4n) is 2.32. The van der Waals surface area contributed by atoms with Crippen molar-refractivity contribution in [2.45, 2.75) is 52.5 Å². The van der Waals surface area contributed by atoms with E-state index in [0.29, 0.717) is 12.1 Å². The molecule has 0 spiro atoms. The smallest absolute Gasteiger partial charge is 0.325 e. The summed E-state index contributed by atoms with van der Waals surface area (Å²) < 4.78 is 4.82. The Morgan fingerprint density at radius 3 is 2.21 bits per heavy atom. The molecule has 0 unspecified atom stereocenters. The molecule has 0 aliphatic heterocycles. The van der Waals surface area contributed by atoms with Gasteiger partial charge in [-0.25, -0.2) is 0 Å². The van der Waals surface area contributed by atoms with E-state index in [1.165, 1.54) is 6.92 Å². The zero-order valence-electron chi connectivity index (χ0n) is 17.8. The number of ether oxygens (including phenoxy) is 1. The molecule has 3 N–H and O–H groups in total. The van der Waals surface area contributed by atoms with Crippen LogP contribution in [-0.2, 0) is 24.5 Å². The van der Waals surface area contributed by atoms with E-state index in [-0.39, 0.29) is 17.9 Å². The minimum Gasteiger partial charge on any atom is -0.454 e. The number of benzene rings is 1. The number of carbonyl (C=O) groups excluding carboxylic acids is 4. The van der Waals surface area contributed by atoms with E-state index in [0.717, 1.165) is 12.0 Å². The van der Waals surface area contributed by atoms with Gasteiger partial charge in [0.2, 0.25) is 5.91 Å². The van der Waals surface area contributed by atoms with Crippen LogP contribution < -0.4 is 16.0 Å². The average molecular weight is 405 g/mol. The monoisotopic (exact) mass is 405 g/mol. The van der Waals surface area contributed by atoms with Crippen LogP contribution in [0, 0.1) is 0 Å². The highest BCUT2D eigenvalue weighted by atomic mass is 16.5. The Bertz CT molecular complexity index is 723. The first kappa shape index (κ1) is 24.1. The number of hydrogen-bond donors (Lipinski definition) is 3. The summed E-state index contributed by atoms with van der Waals surface area (Å²) in [6, 6.07) is 6.40. The zero-order valence-corrected chi connectivity index (χ0v) is 17.8. The van der Waals surface area contributed by atoms with Crippen LogP contribution in [0.5, 0.6) is 0 Å². The van der Waals surface area contributed by atoms with E-state index < -0.39 is 30.4 Å². The van der Waals surface area contributed by atoms with Crippen LogP contribution in [0.3, 0.4) is 0 Å². The number of nitrogens with one attached hydrogen (secondary N) is 3. The molecule has 0 aliphatic carbocycles. The highest BCUT2D eigenvalue weighted by molar-refractivity contribution is 5.96. The minimum atomic E-state index is -0.747. The van der Waals surface area contributed by atoms with Gasteiger partial charge in [-0.05, 0) is 36.5 Å². The predicted molar refractivity (Wildman–Crippen MR) is 109 cm³/mol. The van der Waals surface area contributed by atoms with Gasteiger partial charge in [0, 0.05) is 12.1 Å². The van der Waals surface area contributed by atoms with Crippen molar-refractivity contribution >= 4 is 23.7 Å². The van der Waals surface area contributed by atoms with Crippen molar-refractivity contribution in [1.29, 1.82) is 0 Å². The van der Waals surface area contributed by atoms with Crippen LogP contribution in [0.25, 0.3) is 0 Å². The summed E-state index contributed by atoms with van der Waals surface area (Å²) in [6.45, 7) is 9.32. The van der Waals surface area contributed by atoms with E-state index >= 15 is 0 Å². The Morgan fingerprint density at radius 2 is 1.66 bits per heavy atom. The highest BCUT2D eigenvalue weighted by Gasteiger charge is 2.17. The first-order valence-electron chi connectivity index (χ1n) is 9.66. The molecule has 8 heteroatoms. The summed E-state index contributed by atoms with van der Waals surface area (Å²) in [6.07, 6.45) is 0.788. The molecule has 0 heterocycles. The highest BCUT2D eigenvalue weighted by Crippen LogP contribution is 2.22. The van der Waals surface area contributed by atoms with Crippen molar-refractivity contribution < 1.29 is 23.9 Å². The fourth-order valence-corrected chi connectivity index (χ4v) is 2.32. The third kappa shape index (κ3) is 8.76. The molecule has 1 rings (SSSR count). The standard InChI is InChI=1S/C21H31N3O5/c1-6-11-22-19(27)14(2)24-17(25)13-29-18(26)12-23-20(28)15-7-9-16(10-8-15)21(3,4)5/h7-10,14H,6,11-13H2,1-5H3,(H,22,27)(H,23,28)(H,24,25)/t14-/m1/s1. The van der Waals surface area contributed by atoms with Gasteiger partial charge in [-0.3, -0.25) is 19.2 Å². The third-order valence-electron chi connectivity index (χ3n) is 4.09. The summed E-state index contributed by atoms with van der Waals surface area (Å²) in [4.78, 5) is 47.3. The quantitative estimate of drug-likeness (QED) is 0.536. The van der Waals surface area contributed by atoms with Crippen molar-refractivity contribution in [3.05, 3.63) is 35.4 Å². The summed E-state index contributed by atoms with van der Waals surface area (Å²) >= 11 is 0. The van der Waals surface area contributed by atoms with Gasteiger partial charge in [-0.2, -0.15) is 0 Å². The van der Waals surface area contributed by atoms with Gasteiger partial charge in [0.1, 0.15) is 12.6 Å². The van der Waals surface area contributed by atoms with E-state index in [9.17, 15) is 19.2 Å². The van der Waals surface area contributed by atoms with Gasteiger partial charge in [0.05, 0.1) is 0 Å². The molecule has 0 aromatic heterocycles. The topological polar surface area (TPSA) is 114 Å². The molecule has 160 valence electrons. The Labute approximate surface area is 171 Å². The zero-order chi connectivity index (χ0) is 22.0. The number of hydrogen-bond acceptors (Lipinski definition) is 5. The number of rotatable bonds is 9. The molecule has 0 aliphatic rings. The largest absolute Gasteiger partial charge is 0.454 e. The Morgan fingerprint density at radius 1 is 1.03 bits per heavy atom. The molecule has 0 saturated carbocycles. The second kappa shape index (κ2) is 11.2. The van der Waals surface area contributed by atoms with Gasteiger partial charge in [0.15, 0.2) is 6.61 Å². The molecule has 1 aromatic rings.